The van der Waals surface area contributed by atoms with Crippen LogP contribution in [0, 0.1) is 0 Å². The van der Waals surface area contributed by atoms with Crippen molar-refractivity contribution in [1.29, 1.82) is 0 Å². The molecule has 0 heterocycles. The molecule has 0 aromatic heterocycles. The fourth-order valence-electron chi connectivity index (χ4n) is 10.1. The molecule has 0 aromatic rings. The Morgan fingerprint density at radius 1 is 0.358 bits per heavy atom. The predicted molar refractivity (Wildman–Crippen MR) is 294 cm³/mol. The fourth-order valence-corrected chi connectivity index (χ4v) is 10.1. The lowest BCUT2D eigenvalue weighted by Crippen LogP contribution is -2.41. The molecule has 0 bridgehead atoms. The normalized spacial score (nSPS) is 12.3. The lowest BCUT2D eigenvalue weighted by atomic mass is 9.97. The third kappa shape index (κ3) is 45.7. The van der Waals surface area contributed by atoms with Crippen molar-refractivity contribution in [2.24, 2.45) is 0 Å². The molecule has 1 unspecified atom stereocenters. The highest BCUT2D eigenvalue weighted by molar-refractivity contribution is 5.76. The topological polar surface area (TPSA) is 59.1 Å². The highest BCUT2D eigenvalue weighted by Gasteiger charge is 2.23. The first-order valence-electron chi connectivity index (χ1n) is 30.6. The third-order valence-corrected chi connectivity index (χ3v) is 14.5. The van der Waals surface area contributed by atoms with Crippen LogP contribution in [-0.2, 0) is 19.1 Å². The van der Waals surface area contributed by atoms with Crippen molar-refractivity contribution in [2.45, 2.75) is 348 Å². The molecule has 0 N–H and O–H groups in total. The van der Waals surface area contributed by atoms with Crippen molar-refractivity contribution in [1.82, 2.24) is 9.80 Å². The number of ether oxygens (including phenoxy) is 2. The maximum atomic E-state index is 14.0. The first kappa shape index (κ1) is 65.9. The average molecular weight is 948 g/mol. The fraction of sp³-hybridized carbons (Fsp3) is 0.967. The summed E-state index contributed by atoms with van der Waals surface area (Å²) in [6.07, 6.45) is 56.5. The van der Waals surface area contributed by atoms with E-state index in [1.165, 1.54) is 231 Å². The number of rotatable bonds is 55. The summed E-state index contributed by atoms with van der Waals surface area (Å²) in [5.74, 6) is 0.428. The minimum absolute atomic E-state index is 0.0283. The average Bonchev–Trinajstić information content (AvgIpc) is 3.31. The largest absolute Gasteiger partial charge is 0.462 e. The Bertz CT molecular complexity index is 981. The number of carbonyl (C=O) groups is 2. The number of esters is 1. The quantitative estimate of drug-likeness (QED) is 0.0449. The van der Waals surface area contributed by atoms with Crippen molar-refractivity contribution >= 4 is 11.9 Å². The van der Waals surface area contributed by atoms with E-state index in [0.29, 0.717) is 30.9 Å². The Kier molecular flexibility index (Phi) is 51.8. The molecular formula is C61H122N2O4. The van der Waals surface area contributed by atoms with Crippen LogP contribution in [0.5, 0.6) is 0 Å². The summed E-state index contributed by atoms with van der Waals surface area (Å²) in [6, 6.07) is 0.372. The summed E-state index contributed by atoms with van der Waals surface area (Å²) >= 11 is 0. The van der Waals surface area contributed by atoms with Gasteiger partial charge >= 0.3 is 5.97 Å². The Hall–Kier alpha value is -1.14. The van der Waals surface area contributed by atoms with Gasteiger partial charge in [0.05, 0.1) is 6.10 Å². The molecule has 6 nitrogen and oxygen atoms in total. The molecule has 0 aliphatic carbocycles. The van der Waals surface area contributed by atoms with E-state index in [4.69, 9.17) is 9.47 Å². The second-order valence-corrected chi connectivity index (χ2v) is 21.5. The van der Waals surface area contributed by atoms with Crippen LogP contribution in [0.1, 0.15) is 330 Å². The molecule has 0 aliphatic heterocycles. The molecule has 1 atom stereocenters. The van der Waals surface area contributed by atoms with Crippen molar-refractivity contribution in [3.05, 3.63) is 0 Å². The lowest BCUT2D eigenvalue weighted by Gasteiger charge is -2.33. The van der Waals surface area contributed by atoms with Gasteiger partial charge in [0.15, 0.2) is 0 Å². The van der Waals surface area contributed by atoms with Crippen LogP contribution in [-0.4, -0.2) is 73.7 Å². The first-order chi connectivity index (χ1) is 32.8. The van der Waals surface area contributed by atoms with Crippen molar-refractivity contribution < 1.29 is 19.1 Å². The van der Waals surface area contributed by atoms with E-state index in [-0.39, 0.29) is 12.1 Å². The molecule has 0 radical (unpaired) electrons. The van der Waals surface area contributed by atoms with Crippen molar-refractivity contribution in [3.63, 3.8) is 0 Å². The zero-order valence-corrected chi connectivity index (χ0v) is 46.9. The Labute approximate surface area is 421 Å². The maximum absolute atomic E-state index is 14.0. The van der Waals surface area contributed by atoms with Crippen LogP contribution >= 0.6 is 0 Å². The van der Waals surface area contributed by atoms with Gasteiger partial charge in [-0.1, -0.05) is 240 Å². The minimum atomic E-state index is 0.0283. The molecule has 1 amide bonds. The van der Waals surface area contributed by atoms with Crippen LogP contribution < -0.4 is 0 Å². The molecule has 0 spiro atoms. The Balaban J connectivity index is 5.10. The Morgan fingerprint density at radius 2 is 0.716 bits per heavy atom. The van der Waals surface area contributed by atoms with Gasteiger partial charge in [0, 0.05) is 32.0 Å². The molecule has 67 heavy (non-hydrogen) atoms. The van der Waals surface area contributed by atoms with Gasteiger partial charge in [-0.3, -0.25) is 9.59 Å². The van der Waals surface area contributed by atoms with Crippen LogP contribution in [0.15, 0.2) is 0 Å². The molecule has 0 aliphatic rings. The zero-order valence-electron chi connectivity index (χ0n) is 46.9. The second-order valence-electron chi connectivity index (χ2n) is 21.5. The Morgan fingerprint density at radius 3 is 1.16 bits per heavy atom. The van der Waals surface area contributed by atoms with Crippen LogP contribution in [0.3, 0.4) is 0 Å². The van der Waals surface area contributed by atoms with Crippen LogP contribution in [0.4, 0.5) is 0 Å². The van der Waals surface area contributed by atoms with E-state index >= 15 is 0 Å². The van der Waals surface area contributed by atoms with Gasteiger partial charge in [0.1, 0.15) is 6.10 Å². The molecular weight excluding hydrogens is 825 g/mol. The zero-order chi connectivity index (χ0) is 49.1. The SMILES string of the molecule is CCCCCCCCCCN(C(=O)CCCN(C)C)C(CCCCCCCCCOC(CCCCCC)CCCCCC)CCCCCCCCC(=O)OC(CCCCCC)CCCCCC. The smallest absolute Gasteiger partial charge is 0.306 e. The predicted octanol–water partition coefficient (Wildman–Crippen LogP) is 19.1. The van der Waals surface area contributed by atoms with Crippen molar-refractivity contribution in [3.8, 4) is 0 Å². The monoisotopic (exact) mass is 947 g/mol. The first-order valence-corrected chi connectivity index (χ1v) is 30.6. The maximum Gasteiger partial charge on any atom is 0.306 e. The molecule has 400 valence electrons. The molecule has 0 fully saturated rings. The minimum Gasteiger partial charge on any atom is -0.462 e. The summed E-state index contributed by atoms with van der Waals surface area (Å²) < 4.78 is 12.5. The summed E-state index contributed by atoms with van der Waals surface area (Å²) in [6.45, 7) is 14.3. The van der Waals surface area contributed by atoms with Gasteiger partial charge in [-0.2, -0.15) is 0 Å². The summed E-state index contributed by atoms with van der Waals surface area (Å²) in [5.41, 5.74) is 0. The molecule has 0 saturated heterocycles. The lowest BCUT2D eigenvalue weighted by molar-refractivity contribution is -0.150. The van der Waals surface area contributed by atoms with Gasteiger partial charge in [-0.05, 0) is 97.7 Å². The summed E-state index contributed by atoms with van der Waals surface area (Å²) in [5, 5.41) is 0. The van der Waals surface area contributed by atoms with Gasteiger partial charge in [-0.25, -0.2) is 0 Å². The van der Waals surface area contributed by atoms with Gasteiger partial charge in [0.2, 0.25) is 5.91 Å². The summed E-state index contributed by atoms with van der Waals surface area (Å²) in [4.78, 5) is 31.5. The summed E-state index contributed by atoms with van der Waals surface area (Å²) in [7, 11) is 4.24. The van der Waals surface area contributed by atoms with Gasteiger partial charge in [0.25, 0.3) is 0 Å². The second kappa shape index (κ2) is 52.7. The number of hydrogen-bond acceptors (Lipinski definition) is 5. The van der Waals surface area contributed by atoms with E-state index < -0.39 is 0 Å². The van der Waals surface area contributed by atoms with E-state index in [0.717, 1.165) is 71.1 Å². The standard InChI is InChI=1S/C61H122N2O4/c1-8-13-18-23-24-29-34-43-55-63(60(64)52-45-54-62(6)7)57(46-36-31-26-25-30-35-44-56-66-58(48-38-19-14-9-2)49-39-20-15-10-3)47-37-32-27-28-33-42-53-61(65)67-59(50-40-21-16-11-4)51-41-22-17-12-5/h57-59H,8-56H2,1-7H3. The van der Waals surface area contributed by atoms with E-state index in [9.17, 15) is 9.59 Å². The highest BCUT2D eigenvalue weighted by Crippen LogP contribution is 2.23. The molecule has 0 saturated carbocycles. The number of hydrogen-bond donors (Lipinski definition) is 0. The van der Waals surface area contributed by atoms with E-state index in [2.05, 4.69) is 58.5 Å². The molecule has 6 heteroatoms. The van der Waals surface area contributed by atoms with E-state index in [1.54, 1.807) is 0 Å². The number of unbranched alkanes of at least 4 members (excludes halogenated alkanes) is 30. The van der Waals surface area contributed by atoms with Gasteiger partial charge in [-0.15, -0.1) is 0 Å². The van der Waals surface area contributed by atoms with E-state index in [1.807, 2.05) is 0 Å². The van der Waals surface area contributed by atoms with Crippen LogP contribution in [0.2, 0.25) is 0 Å². The third-order valence-electron chi connectivity index (χ3n) is 14.5. The highest BCUT2D eigenvalue weighted by atomic mass is 16.5. The van der Waals surface area contributed by atoms with Crippen LogP contribution in [0.25, 0.3) is 0 Å². The van der Waals surface area contributed by atoms with Gasteiger partial charge < -0.3 is 19.3 Å². The number of nitrogens with zero attached hydrogens (tertiary/aromatic N) is 2. The number of carbonyl (C=O) groups excluding carboxylic acids is 2. The molecule has 0 aromatic carbocycles. The molecule has 0 rings (SSSR count). The number of amides is 1. The van der Waals surface area contributed by atoms with Crippen molar-refractivity contribution in [2.75, 3.05) is 33.8 Å².